The quantitative estimate of drug-likeness (QED) is 0.769. The molecule has 2 heteroatoms. The molecule has 0 heterocycles. The summed E-state index contributed by atoms with van der Waals surface area (Å²) in [7, 11) is 0. The maximum absolute atomic E-state index is 5.36. The van der Waals surface area contributed by atoms with Crippen molar-refractivity contribution in [1.29, 1.82) is 0 Å². The summed E-state index contributed by atoms with van der Waals surface area (Å²) in [5.74, 6) is 0. The van der Waals surface area contributed by atoms with Crippen molar-refractivity contribution in [2.75, 3.05) is 17.6 Å². The van der Waals surface area contributed by atoms with Crippen LogP contribution in [0.2, 0.25) is 0 Å². The minimum Gasteiger partial charge on any atom is -0.399 e. The first-order valence-electron chi connectivity index (χ1n) is 5.83. The summed E-state index contributed by atoms with van der Waals surface area (Å²) in [5.41, 5.74) is 8.69. The molecule has 0 aliphatic rings. The van der Waals surface area contributed by atoms with Gasteiger partial charge in [-0.2, -0.15) is 0 Å². The van der Waals surface area contributed by atoms with Crippen molar-refractivity contribution in [3.05, 3.63) is 60.2 Å². The van der Waals surface area contributed by atoms with E-state index in [1.165, 1.54) is 11.3 Å². The van der Waals surface area contributed by atoms with Gasteiger partial charge in [0.05, 0.1) is 0 Å². The predicted octanol–water partition coefficient (Wildman–Crippen LogP) is 3.70. The highest BCUT2D eigenvalue weighted by atomic mass is 14.8. The Kier molecular flexibility index (Phi) is 5.66. The van der Waals surface area contributed by atoms with Crippen molar-refractivity contribution >= 4 is 11.4 Å². The van der Waals surface area contributed by atoms with E-state index in [9.17, 15) is 0 Å². The van der Waals surface area contributed by atoms with Crippen molar-refractivity contribution < 1.29 is 0 Å². The van der Waals surface area contributed by atoms with Gasteiger partial charge in [-0.3, -0.25) is 0 Å². The van der Waals surface area contributed by atoms with Crippen LogP contribution in [0, 0.1) is 6.92 Å². The first kappa shape index (κ1) is 13.1. The van der Waals surface area contributed by atoms with Gasteiger partial charge in [0.1, 0.15) is 0 Å². The van der Waals surface area contributed by atoms with E-state index in [1.54, 1.807) is 0 Å². The predicted molar refractivity (Wildman–Crippen MR) is 76.2 cm³/mol. The van der Waals surface area contributed by atoms with E-state index in [-0.39, 0.29) is 0 Å². The molecule has 3 N–H and O–H groups in total. The summed E-state index contributed by atoms with van der Waals surface area (Å²) in [6, 6.07) is 17.9. The van der Waals surface area contributed by atoms with Crippen LogP contribution in [-0.4, -0.2) is 6.54 Å². The number of para-hydroxylation sites is 1. The van der Waals surface area contributed by atoms with Crippen LogP contribution >= 0.6 is 0 Å². The SMILES string of the molecule is CCNc1cccc(C)c1.Nc1ccccc1. The fraction of sp³-hybridized carbons (Fsp3) is 0.200. The Morgan fingerprint density at radius 1 is 1.00 bits per heavy atom. The molecule has 2 nitrogen and oxygen atoms in total. The minimum atomic E-state index is 0.822. The highest BCUT2D eigenvalue weighted by Gasteiger charge is 1.87. The van der Waals surface area contributed by atoms with Crippen molar-refractivity contribution in [3.8, 4) is 0 Å². The maximum Gasteiger partial charge on any atom is 0.0342 e. The molecule has 17 heavy (non-hydrogen) atoms. The second-order valence-electron chi connectivity index (χ2n) is 3.81. The summed E-state index contributed by atoms with van der Waals surface area (Å²) < 4.78 is 0. The van der Waals surface area contributed by atoms with Crippen LogP contribution in [0.4, 0.5) is 11.4 Å². The van der Waals surface area contributed by atoms with Crippen LogP contribution in [0.25, 0.3) is 0 Å². The molecule has 0 aromatic heterocycles. The fourth-order valence-corrected chi connectivity index (χ4v) is 1.41. The largest absolute Gasteiger partial charge is 0.399 e. The van der Waals surface area contributed by atoms with Crippen LogP contribution < -0.4 is 11.1 Å². The molecule has 0 atom stereocenters. The summed E-state index contributed by atoms with van der Waals surface area (Å²) in [6.07, 6.45) is 0. The zero-order valence-electron chi connectivity index (χ0n) is 10.5. The number of hydrogen-bond acceptors (Lipinski definition) is 2. The third kappa shape index (κ3) is 5.61. The van der Waals surface area contributed by atoms with Crippen LogP contribution in [0.15, 0.2) is 54.6 Å². The van der Waals surface area contributed by atoms with E-state index in [0.29, 0.717) is 0 Å². The van der Waals surface area contributed by atoms with Gasteiger partial charge in [0.2, 0.25) is 0 Å². The number of nitrogens with two attached hydrogens (primary N) is 1. The van der Waals surface area contributed by atoms with E-state index < -0.39 is 0 Å². The van der Waals surface area contributed by atoms with Gasteiger partial charge >= 0.3 is 0 Å². The Balaban J connectivity index is 0.000000181. The van der Waals surface area contributed by atoms with Crippen LogP contribution in [-0.2, 0) is 0 Å². The second kappa shape index (κ2) is 7.34. The number of hydrogen-bond donors (Lipinski definition) is 2. The van der Waals surface area contributed by atoms with Crippen molar-refractivity contribution in [3.63, 3.8) is 0 Å². The van der Waals surface area contributed by atoms with Crippen LogP contribution in [0.5, 0.6) is 0 Å². The standard InChI is InChI=1S/C9H13N.C6H7N/c1-3-10-9-6-4-5-8(2)7-9;7-6-4-2-1-3-5-6/h4-7,10H,3H2,1-2H3;1-5H,7H2. The van der Waals surface area contributed by atoms with Crippen molar-refractivity contribution in [1.82, 2.24) is 0 Å². The molecule has 2 aromatic rings. The molecular weight excluding hydrogens is 208 g/mol. The zero-order chi connectivity index (χ0) is 12.5. The van der Waals surface area contributed by atoms with Crippen molar-refractivity contribution in [2.45, 2.75) is 13.8 Å². The third-order valence-corrected chi connectivity index (χ3v) is 2.20. The second-order valence-corrected chi connectivity index (χ2v) is 3.81. The topological polar surface area (TPSA) is 38.0 Å². The van der Waals surface area contributed by atoms with Gasteiger partial charge in [-0.15, -0.1) is 0 Å². The normalized spacial score (nSPS) is 9.06. The Hall–Kier alpha value is -1.96. The lowest BCUT2D eigenvalue weighted by Crippen LogP contribution is -1.95. The first-order chi connectivity index (χ1) is 8.22. The molecule has 0 bridgehead atoms. The fourth-order valence-electron chi connectivity index (χ4n) is 1.41. The molecular formula is C15H20N2. The molecule has 2 rings (SSSR count). The Labute approximate surface area is 103 Å². The van der Waals surface area contributed by atoms with Gasteiger partial charge in [-0.05, 0) is 43.7 Å². The average Bonchev–Trinajstić information content (AvgIpc) is 2.31. The van der Waals surface area contributed by atoms with Crippen LogP contribution in [0.1, 0.15) is 12.5 Å². The molecule has 0 fully saturated rings. The lowest BCUT2D eigenvalue weighted by Gasteiger charge is -2.02. The van der Waals surface area contributed by atoms with Gasteiger partial charge in [0, 0.05) is 17.9 Å². The molecule has 0 unspecified atom stereocenters. The number of benzene rings is 2. The highest BCUT2D eigenvalue weighted by Crippen LogP contribution is 2.08. The molecule has 90 valence electrons. The van der Waals surface area contributed by atoms with E-state index >= 15 is 0 Å². The van der Waals surface area contributed by atoms with E-state index in [0.717, 1.165) is 12.2 Å². The molecule has 0 saturated heterocycles. The molecule has 2 aromatic carbocycles. The zero-order valence-corrected chi connectivity index (χ0v) is 10.5. The molecule has 0 spiro atoms. The number of nitrogen functional groups attached to an aromatic ring is 1. The average molecular weight is 228 g/mol. The Morgan fingerprint density at radius 2 is 1.71 bits per heavy atom. The molecule has 0 saturated carbocycles. The lowest BCUT2D eigenvalue weighted by molar-refractivity contribution is 1.21. The minimum absolute atomic E-state index is 0.822. The first-order valence-corrected chi connectivity index (χ1v) is 5.83. The van der Waals surface area contributed by atoms with Gasteiger partial charge < -0.3 is 11.1 Å². The van der Waals surface area contributed by atoms with Gasteiger partial charge in [-0.25, -0.2) is 0 Å². The van der Waals surface area contributed by atoms with Crippen LogP contribution in [0.3, 0.4) is 0 Å². The molecule has 0 aliphatic heterocycles. The number of nitrogens with one attached hydrogen (secondary N) is 1. The highest BCUT2D eigenvalue weighted by molar-refractivity contribution is 5.45. The molecule has 0 aliphatic carbocycles. The third-order valence-electron chi connectivity index (χ3n) is 2.20. The van der Waals surface area contributed by atoms with E-state index in [4.69, 9.17) is 5.73 Å². The van der Waals surface area contributed by atoms with Gasteiger partial charge in [-0.1, -0.05) is 30.3 Å². The molecule has 0 radical (unpaired) electrons. The van der Waals surface area contributed by atoms with Gasteiger partial charge in [0.15, 0.2) is 0 Å². The summed E-state index contributed by atoms with van der Waals surface area (Å²) in [6.45, 7) is 5.19. The Morgan fingerprint density at radius 3 is 2.18 bits per heavy atom. The van der Waals surface area contributed by atoms with Crippen molar-refractivity contribution in [2.24, 2.45) is 0 Å². The summed E-state index contributed by atoms with van der Waals surface area (Å²) in [5, 5.41) is 3.25. The molecule has 0 amide bonds. The number of anilines is 2. The summed E-state index contributed by atoms with van der Waals surface area (Å²) >= 11 is 0. The maximum atomic E-state index is 5.36. The number of aryl methyl sites for hydroxylation is 1. The summed E-state index contributed by atoms with van der Waals surface area (Å²) in [4.78, 5) is 0. The lowest BCUT2D eigenvalue weighted by atomic mass is 10.2. The Bertz CT molecular complexity index is 424. The monoisotopic (exact) mass is 228 g/mol. The smallest absolute Gasteiger partial charge is 0.0342 e. The van der Waals surface area contributed by atoms with Gasteiger partial charge in [0.25, 0.3) is 0 Å². The van der Waals surface area contributed by atoms with E-state index in [1.807, 2.05) is 30.3 Å². The van der Waals surface area contributed by atoms with E-state index in [2.05, 4.69) is 43.4 Å². The number of rotatable bonds is 2.